The average molecular weight is 563 g/mol. The minimum Gasteiger partial charge on any atom is -0.456 e. The molecule has 1 aliphatic carbocycles. The van der Waals surface area contributed by atoms with E-state index >= 15 is 0 Å². The fourth-order valence-electron chi connectivity index (χ4n) is 5.91. The first-order valence-electron chi connectivity index (χ1n) is 14.6. The van der Waals surface area contributed by atoms with Gasteiger partial charge in [0.15, 0.2) is 0 Å². The predicted molar refractivity (Wildman–Crippen MR) is 165 cm³/mol. The van der Waals surface area contributed by atoms with E-state index in [0.717, 1.165) is 64.0 Å². The monoisotopic (exact) mass is 562 g/mol. The highest BCUT2D eigenvalue weighted by atomic mass is 16.5. The number of hydrogen-bond acceptors (Lipinski definition) is 4. The molecule has 0 saturated heterocycles. The number of nitrogens with one attached hydrogen (secondary N) is 2. The molecule has 5 rings (SSSR count). The van der Waals surface area contributed by atoms with Gasteiger partial charge in [0.2, 0.25) is 0 Å². The van der Waals surface area contributed by atoms with Crippen LogP contribution in [0.5, 0.6) is 0 Å². The van der Waals surface area contributed by atoms with Crippen molar-refractivity contribution in [2.45, 2.75) is 66.1 Å². The highest BCUT2D eigenvalue weighted by Crippen LogP contribution is 2.41. The first-order valence-corrected chi connectivity index (χ1v) is 14.6. The van der Waals surface area contributed by atoms with E-state index in [-0.39, 0.29) is 31.1 Å². The van der Waals surface area contributed by atoms with Crippen molar-refractivity contribution >= 4 is 11.9 Å². The van der Waals surface area contributed by atoms with E-state index in [0.29, 0.717) is 11.4 Å². The van der Waals surface area contributed by atoms with Gasteiger partial charge in [-0.15, -0.1) is 0 Å². The van der Waals surface area contributed by atoms with Gasteiger partial charge in [0.05, 0.1) is 5.92 Å². The maximum absolute atomic E-state index is 13.3. The molecule has 42 heavy (non-hydrogen) atoms. The first-order chi connectivity index (χ1) is 20.4. The molecule has 0 atom stereocenters. The van der Waals surface area contributed by atoms with Crippen LogP contribution in [-0.4, -0.2) is 21.9 Å². The van der Waals surface area contributed by atoms with Gasteiger partial charge in [-0.25, -0.2) is 9.59 Å². The number of esters is 2. The molecule has 0 bridgehead atoms. The van der Waals surface area contributed by atoms with Gasteiger partial charge in [-0.3, -0.25) is 0 Å². The second-order valence-electron chi connectivity index (χ2n) is 10.7. The molecule has 1 aliphatic rings. The molecule has 6 nitrogen and oxygen atoms in total. The number of hydrogen-bond donors (Lipinski definition) is 2. The summed E-state index contributed by atoms with van der Waals surface area (Å²) in [5.41, 5.74) is 9.88. The molecule has 0 radical (unpaired) electrons. The van der Waals surface area contributed by atoms with E-state index in [2.05, 4.69) is 42.0 Å². The maximum atomic E-state index is 13.3. The number of allylic oxidation sites excluding steroid dienone is 4. The Hall–Kier alpha value is -4.58. The summed E-state index contributed by atoms with van der Waals surface area (Å²) < 4.78 is 11.4. The topological polar surface area (TPSA) is 84.2 Å². The molecule has 2 heterocycles. The quantitative estimate of drug-likeness (QED) is 0.183. The largest absolute Gasteiger partial charge is 0.456 e. The SMILES string of the molecule is CCc1c(C(C2=CC=CC2)c2[nH]c(C(=O)OCc3ccccc3)c(C)c2CC)[nH]c(C(=O)OCc2ccccc2)c1C. The zero-order chi connectivity index (χ0) is 29.6. The van der Waals surface area contributed by atoms with Crippen molar-refractivity contribution in [2.24, 2.45) is 0 Å². The van der Waals surface area contributed by atoms with Crippen LogP contribution in [-0.2, 0) is 35.5 Å². The van der Waals surface area contributed by atoms with Crippen LogP contribution in [0.15, 0.2) is 84.5 Å². The molecule has 0 unspecified atom stereocenters. The molecular formula is C36H38N2O4. The first kappa shape index (κ1) is 28.9. The van der Waals surface area contributed by atoms with Gasteiger partial charge in [-0.1, -0.05) is 98.3 Å². The van der Waals surface area contributed by atoms with Crippen LogP contribution in [0, 0.1) is 13.8 Å². The number of benzene rings is 2. The predicted octanol–water partition coefficient (Wildman–Crippen LogP) is 7.82. The van der Waals surface area contributed by atoms with E-state index in [1.54, 1.807) is 0 Å². The fraction of sp³-hybridized carbons (Fsp3) is 0.278. The lowest BCUT2D eigenvalue weighted by Crippen LogP contribution is -2.11. The van der Waals surface area contributed by atoms with E-state index in [9.17, 15) is 9.59 Å². The Kier molecular flexibility index (Phi) is 8.91. The van der Waals surface area contributed by atoms with Crippen molar-refractivity contribution in [3.8, 4) is 0 Å². The van der Waals surface area contributed by atoms with E-state index in [4.69, 9.17) is 9.47 Å². The third kappa shape index (κ3) is 5.89. The third-order valence-electron chi connectivity index (χ3n) is 8.11. The second-order valence-corrected chi connectivity index (χ2v) is 10.7. The third-order valence-corrected chi connectivity index (χ3v) is 8.11. The van der Waals surface area contributed by atoms with Crippen LogP contribution in [0.3, 0.4) is 0 Å². The normalized spacial score (nSPS) is 12.5. The lowest BCUT2D eigenvalue weighted by atomic mass is 9.85. The van der Waals surface area contributed by atoms with Gasteiger partial charge < -0.3 is 19.4 Å². The molecule has 216 valence electrons. The van der Waals surface area contributed by atoms with Crippen LogP contribution in [0.4, 0.5) is 0 Å². The molecule has 0 amide bonds. The molecule has 2 N–H and O–H groups in total. The summed E-state index contributed by atoms with van der Waals surface area (Å²) in [6, 6.07) is 19.4. The van der Waals surface area contributed by atoms with Gasteiger partial charge in [-0.05, 0) is 66.5 Å². The summed E-state index contributed by atoms with van der Waals surface area (Å²) in [4.78, 5) is 33.6. The Balaban J connectivity index is 1.51. The number of H-pyrrole nitrogens is 2. The summed E-state index contributed by atoms with van der Waals surface area (Å²) in [6.45, 7) is 8.57. The summed E-state index contributed by atoms with van der Waals surface area (Å²) in [5.74, 6) is -0.940. The van der Waals surface area contributed by atoms with E-state index in [1.165, 1.54) is 5.57 Å². The Bertz CT molecular complexity index is 1520. The van der Waals surface area contributed by atoms with Crippen molar-refractivity contribution < 1.29 is 19.1 Å². The maximum Gasteiger partial charge on any atom is 0.355 e. The Morgan fingerprint density at radius 3 is 1.57 bits per heavy atom. The standard InChI is InChI=1S/C36H38N2O4/c1-5-28-23(3)31(35(39)41-21-25-15-9-7-10-16-25)37-33(28)30(27-19-13-14-20-27)34-29(6-2)24(4)32(38-34)36(40)42-22-26-17-11-8-12-18-26/h7-19,30,37-38H,5-6,20-22H2,1-4H3. The zero-order valence-electron chi connectivity index (χ0n) is 24.8. The smallest absolute Gasteiger partial charge is 0.355 e. The molecule has 4 aromatic rings. The van der Waals surface area contributed by atoms with Crippen LogP contribution in [0.25, 0.3) is 0 Å². The number of aromatic nitrogens is 2. The lowest BCUT2D eigenvalue weighted by molar-refractivity contribution is 0.0457. The Morgan fingerprint density at radius 1 is 0.738 bits per heavy atom. The van der Waals surface area contributed by atoms with Crippen molar-refractivity contribution in [1.82, 2.24) is 9.97 Å². The van der Waals surface area contributed by atoms with Gasteiger partial charge in [0.1, 0.15) is 24.6 Å². The summed E-state index contributed by atoms with van der Waals surface area (Å²) >= 11 is 0. The summed E-state index contributed by atoms with van der Waals surface area (Å²) in [5, 5.41) is 0. The molecule has 0 saturated carbocycles. The minimum atomic E-state index is -0.377. The van der Waals surface area contributed by atoms with Gasteiger partial charge >= 0.3 is 11.9 Å². The van der Waals surface area contributed by atoms with Crippen LogP contribution in [0.2, 0.25) is 0 Å². The zero-order valence-corrected chi connectivity index (χ0v) is 24.8. The molecule has 0 spiro atoms. The molecule has 0 fully saturated rings. The second kappa shape index (κ2) is 12.9. The summed E-state index contributed by atoms with van der Waals surface area (Å²) in [7, 11) is 0. The lowest BCUT2D eigenvalue weighted by Gasteiger charge is -2.21. The number of aromatic amines is 2. The van der Waals surface area contributed by atoms with E-state index < -0.39 is 0 Å². The van der Waals surface area contributed by atoms with Crippen molar-refractivity contribution in [3.63, 3.8) is 0 Å². The average Bonchev–Trinajstić information content (AvgIpc) is 3.74. The number of carbonyl (C=O) groups excluding carboxylic acids is 2. The molecule has 0 aliphatic heterocycles. The molecule has 6 heteroatoms. The van der Waals surface area contributed by atoms with Crippen molar-refractivity contribution in [1.29, 1.82) is 0 Å². The van der Waals surface area contributed by atoms with Crippen LogP contribution in [0.1, 0.15) is 91.9 Å². The van der Waals surface area contributed by atoms with E-state index in [1.807, 2.05) is 74.5 Å². The number of rotatable bonds is 11. The van der Waals surface area contributed by atoms with Gasteiger partial charge in [-0.2, -0.15) is 0 Å². The highest BCUT2D eigenvalue weighted by molar-refractivity contribution is 5.91. The minimum absolute atomic E-state index is 0.186. The number of carbonyl (C=O) groups is 2. The van der Waals surface area contributed by atoms with Crippen LogP contribution < -0.4 is 0 Å². The number of ether oxygens (including phenoxy) is 2. The molecule has 2 aromatic heterocycles. The molecule has 2 aromatic carbocycles. The Labute approximate surface area is 247 Å². The molecular weight excluding hydrogens is 524 g/mol. The van der Waals surface area contributed by atoms with Crippen LogP contribution >= 0.6 is 0 Å². The fourth-order valence-corrected chi connectivity index (χ4v) is 5.91. The van der Waals surface area contributed by atoms with Gasteiger partial charge in [0.25, 0.3) is 0 Å². The van der Waals surface area contributed by atoms with Crippen molar-refractivity contribution in [3.05, 3.63) is 141 Å². The highest BCUT2D eigenvalue weighted by Gasteiger charge is 2.32. The van der Waals surface area contributed by atoms with Crippen molar-refractivity contribution in [2.75, 3.05) is 0 Å². The Morgan fingerprint density at radius 2 is 1.19 bits per heavy atom. The summed E-state index contributed by atoms with van der Waals surface area (Å²) in [6.07, 6.45) is 8.61. The van der Waals surface area contributed by atoms with Gasteiger partial charge in [0, 0.05) is 11.4 Å².